The van der Waals surface area contributed by atoms with Crippen LogP contribution < -0.4 is 10.2 Å². The van der Waals surface area contributed by atoms with Crippen LogP contribution in [0.1, 0.15) is 13.8 Å². The molecule has 7 heteroatoms. The minimum Gasteiger partial charge on any atom is -0.355 e. The number of carbonyl (C=O) groups excluding carboxylic acids is 1. The Labute approximate surface area is 151 Å². The third-order valence-corrected chi connectivity index (χ3v) is 5.55. The van der Waals surface area contributed by atoms with E-state index in [1.807, 2.05) is 32.0 Å². The molecule has 1 aromatic carbocycles. The first-order valence-corrected chi connectivity index (χ1v) is 9.53. The first kappa shape index (κ1) is 17.5. The minimum atomic E-state index is 0.0504. The largest absolute Gasteiger partial charge is 0.355 e. The summed E-state index contributed by atoms with van der Waals surface area (Å²) in [6, 6.07) is 5.84. The molecule has 0 atom stereocenters. The molecule has 2 heterocycles. The first-order valence-electron chi connectivity index (χ1n) is 8.34. The van der Waals surface area contributed by atoms with E-state index in [9.17, 15) is 4.79 Å². The second-order valence-electron chi connectivity index (χ2n) is 6.38. The van der Waals surface area contributed by atoms with Crippen LogP contribution in [0, 0.1) is 5.92 Å². The standard InChI is InChI=1S/C17H23ClN4OS/c1-12(2)16(23)19-5-6-21-7-9-22(10-8-21)17-20-14-4-3-13(18)11-15(14)24-17/h3-4,11-12H,5-10H2,1-2H3,(H,19,23). The molecule has 0 radical (unpaired) electrons. The molecule has 24 heavy (non-hydrogen) atoms. The molecule has 0 spiro atoms. The van der Waals surface area contributed by atoms with E-state index >= 15 is 0 Å². The molecule has 0 saturated carbocycles. The van der Waals surface area contributed by atoms with Crippen LogP contribution in [0.25, 0.3) is 10.2 Å². The lowest BCUT2D eigenvalue weighted by Crippen LogP contribution is -2.48. The van der Waals surface area contributed by atoms with E-state index in [0.29, 0.717) is 0 Å². The lowest BCUT2D eigenvalue weighted by molar-refractivity contribution is -0.124. The molecular formula is C17H23ClN4OS. The van der Waals surface area contributed by atoms with Crippen molar-refractivity contribution in [1.82, 2.24) is 15.2 Å². The second kappa shape index (κ2) is 7.68. The highest BCUT2D eigenvalue weighted by Gasteiger charge is 2.20. The minimum absolute atomic E-state index is 0.0504. The zero-order valence-electron chi connectivity index (χ0n) is 14.1. The van der Waals surface area contributed by atoms with Crippen LogP contribution in [0.3, 0.4) is 0 Å². The Morgan fingerprint density at radius 3 is 2.79 bits per heavy atom. The highest BCUT2D eigenvalue weighted by molar-refractivity contribution is 7.22. The summed E-state index contributed by atoms with van der Waals surface area (Å²) < 4.78 is 1.14. The molecule has 0 unspecified atom stereocenters. The highest BCUT2D eigenvalue weighted by Crippen LogP contribution is 2.31. The molecule has 2 aromatic rings. The van der Waals surface area contributed by atoms with Gasteiger partial charge in [0.1, 0.15) is 0 Å². The van der Waals surface area contributed by atoms with E-state index in [4.69, 9.17) is 16.6 Å². The molecule has 1 amide bonds. The van der Waals surface area contributed by atoms with Gasteiger partial charge in [0.25, 0.3) is 0 Å². The predicted octanol–water partition coefficient (Wildman–Crippen LogP) is 2.84. The van der Waals surface area contributed by atoms with Gasteiger partial charge in [-0.1, -0.05) is 36.8 Å². The van der Waals surface area contributed by atoms with Crippen molar-refractivity contribution < 1.29 is 4.79 Å². The second-order valence-corrected chi connectivity index (χ2v) is 7.83. The third kappa shape index (κ3) is 4.18. The lowest BCUT2D eigenvalue weighted by atomic mass is 10.2. The lowest BCUT2D eigenvalue weighted by Gasteiger charge is -2.34. The molecule has 130 valence electrons. The molecule has 0 aliphatic carbocycles. The summed E-state index contributed by atoms with van der Waals surface area (Å²) in [5, 5.41) is 4.80. The number of fused-ring (bicyclic) bond motifs is 1. The number of anilines is 1. The average molecular weight is 367 g/mol. The Morgan fingerprint density at radius 1 is 1.33 bits per heavy atom. The number of rotatable bonds is 5. The van der Waals surface area contributed by atoms with Gasteiger partial charge in [-0.2, -0.15) is 0 Å². The fraction of sp³-hybridized carbons (Fsp3) is 0.529. The van der Waals surface area contributed by atoms with Gasteiger partial charge in [-0.25, -0.2) is 4.98 Å². The third-order valence-electron chi connectivity index (χ3n) is 4.23. The number of thiazole rings is 1. The van der Waals surface area contributed by atoms with E-state index in [1.54, 1.807) is 11.3 Å². The van der Waals surface area contributed by atoms with Gasteiger partial charge >= 0.3 is 0 Å². The van der Waals surface area contributed by atoms with Crippen molar-refractivity contribution in [1.29, 1.82) is 0 Å². The summed E-state index contributed by atoms with van der Waals surface area (Å²) in [4.78, 5) is 21.0. The smallest absolute Gasteiger partial charge is 0.222 e. The van der Waals surface area contributed by atoms with Crippen LogP contribution in [0.5, 0.6) is 0 Å². The number of hydrogen-bond donors (Lipinski definition) is 1. The van der Waals surface area contributed by atoms with E-state index in [2.05, 4.69) is 15.1 Å². The first-order chi connectivity index (χ1) is 11.5. The summed E-state index contributed by atoms with van der Waals surface area (Å²) in [5.74, 6) is 0.177. The van der Waals surface area contributed by atoms with Gasteiger partial charge < -0.3 is 10.2 Å². The quantitative estimate of drug-likeness (QED) is 0.884. The normalized spacial score (nSPS) is 16.1. The predicted molar refractivity (Wildman–Crippen MR) is 101 cm³/mol. The van der Waals surface area contributed by atoms with Crippen molar-refractivity contribution in [2.24, 2.45) is 5.92 Å². The summed E-state index contributed by atoms with van der Waals surface area (Å²) in [7, 11) is 0. The van der Waals surface area contributed by atoms with Crippen LogP contribution in [-0.2, 0) is 4.79 Å². The molecule has 1 N–H and O–H groups in total. The topological polar surface area (TPSA) is 48.5 Å². The van der Waals surface area contributed by atoms with Gasteiger partial charge in [-0.15, -0.1) is 0 Å². The number of carbonyl (C=O) groups is 1. The van der Waals surface area contributed by atoms with Crippen molar-refractivity contribution in [2.45, 2.75) is 13.8 Å². The summed E-state index contributed by atoms with van der Waals surface area (Å²) >= 11 is 7.75. The number of amides is 1. The number of halogens is 1. The highest BCUT2D eigenvalue weighted by atomic mass is 35.5. The monoisotopic (exact) mass is 366 g/mol. The Hall–Kier alpha value is -1.37. The molecule has 1 aliphatic rings. The van der Waals surface area contributed by atoms with Gasteiger partial charge in [0.15, 0.2) is 5.13 Å². The molecule has 1 aromatic heterocycles. The molecule has 5 nitrogen and oxygen atoms in total. The van der Waals surface area contributed by atoms with Crippen molar-refractivity contribution >= 4 is 44.2 Å². The van der Waals surface area contributed by atoms with E-state index < -0.39 is 0 Å². The summed E-state index contributed by atoms with van der Waals surface area (Å²) in [6.07, 6.45) is 0. The molecule has 0 bridgehead atoms. The van der Waals surface area contributed by atoms with Crippen LogP contribution >= 0.6 is 22.9 Å². The zero-order valence-corrected chi connectivity index (χ0v) is 15.7. The van der Waals surface area contributed by atoms with Crippen LogP contribution in [0.15, 0.2) is 18.2 Å². The maximum Gasteiger partial charge on any atom is 0.222 e. The number of nitrogens with zero attached hydrogens (tertiary/aromatic N) is 3. The molecule has 1 aliphatic heterocycles. The number of nitrogens with one attached hydrogen (secondary N) is 1. The molecule has 1 fully saturated rings. The fourth-order valence-electron chi connectivity index (χ4n) is 2.73. The average Bonchev–Trinajstić information content (AvgIpc) is 2.98. The van der Waals surface area contributed by atoms with Gasteiger partial charge in [0, 0.05) is 50.2 Å². The summed E-state index contributed by atoms with van der Waals surface area (Å²) in [5.41, 5.74) is 1.01. The SMILES string of the molecule is CC(C)C(=O)NCCN1CCN(c2nc3ccc(Cl)cc3s2)CC1. The Balaban J connectivity index is 1.50. The van der Waals surface area contributed by atoms with Crippen LogP contribution in [0.2, 0.25) is 5.02 Å². The maximum atomic E-state index is 11.6. The van der Waals surface area contributed by atoms with Gasteiger partial charge in [-0.05, 0) is 18.2 Å². The molecular weight excluding hydrogens is 344 g/mol. The van der Waals surface area contributed by atoms with E-state index in [-0.39, 0.29) is 11.8 Å². The number of aromatic nitrogens is 1. The van der Waals surface area contributed by atoms with E-state index in [0.717, 1.165) is 59.6 Å². The van der Waals surface area contributed by atoms with Crippen LogP contribution in [0.4, 0.5) is 5.13 Å². The molecule has 1 saturated heterocycles. The number of hydrogen-bond acceptors (Lipinski definition) is 5. The summed E-state index contributed by atoms with van der Waals surface area (Å²) in [6.45, 7) is 9.37. The number of piperazine rings is 1. The maximum absolute atomic E-state index is 11.6. The van der Waals surface area contributed by atoms with Crippen molar-refractivity contribution in [3.63, 3.8) is 0 Å². The Kier molecular flexibility index (Phi) is 5.58. The zero-order chi connectivity index (χ0) is 17.1. The van der Waals surface area contributed by atoms with Crippen molar-refractivity contribution in [2.75, 3.05) is 44.2 Å². The van der Waals surface area contributed by atoms with Gasteiger partial charge in [-0.3, -0.25) is 9.69 Å². The number of benzene rings is 1. The molecule has 3 rings (SSSR count). The van der Waals surface area contributed by atoms with Crippen molar-refractivity contribution in [3.8, 4) is 0 Å². The van der Waals surface area contributed by atoms with Crippen LogP contribution in [-0.4, -0.2) is 55.1 Å². The van der Waals surface area contributed by atoms with Gasteiger partial charge in [0.2, 0.25) is 5.91 Å². The Bertz CT molecular complexity index is 710. The van der Waals surface area contributed by atoms with Crippen molar-refractivity contribution in [3.05, 3.63) is 23.2 Å². The van der Waals surface area contributed by atoms with E-state index in [1.165, 1.54) is 0 Å². The fourth-order valence-corrected chi connectivity index (χ4v) is 4.02. The Morgan fingerprint density at radius 2 is 2.08 bits per heavy atom. The van der Waals surface area contributed by atoms with Gasteiger partial charge in [0.05, 0.1) is 10.2 Å².